The minimum Gasteiger partial charge on any atom is -0.378 e. The molecular formula is C11H20N2O3S. The minimum absolute atomic E-state index is 0.0747. The molecule has 0 aliphatic carbocycles. The maximum Gasteiger partial charge on any atom is 0.221 e. The van der Waals surface area contributed by atoms with Gasteiger partial charge in [0.1, 0.15) is 0 Å². The molecule has 2 aliphatic heterocycles. The molecule has 17 heavy (non-hydrogen) atoms. The molecular weight excluding hydrogens is 240 g/mol. The minimum atomic E-state index is -0.666. The van der Waals surface area contributed by atoms with Crippen molar-refractivity contribution in [1.29, 1.82) is 0 Å². The summed E-state index contributed by atoms with van der Waals surface area (Å²) >= 11 is 0. The normalized spacial score (nSPS) is 34.2. The maximum absolute atomic E-state index is 11.8. The van der Waals surface area contributed by atoms with Crippen LogP contribution in [0.4, 0.5) is 0 Å². The highest BCUT2D eigenvalue weighted by molar-refractivity contribution is 7.85. The van der Waals surface area contributed by atoms with Crippen molar-refractivity contribution in [2.75, 3.05) is 31.3 Å². The number of ether oxygens (including phenoxy) is 1. The number of hydrogen-bond donors (Lipinski definition) is 2. The summed E-state index contributed by atoms with van der Waals surface area (Å²) in [5.41, 5.74) is 0. The van der Waals surface area contributed by atoms with Crippen LogP contribution in [0.15, 0.2) is 0 Å². The van der Waals surface area contributed by atoms with Crippen LogP contribution in [-0.2, 0) is 20.3 Å². The number of rotatable bonds is 3. The van der Waals surface area contributed by atoms with Crippen molar-refractivity contribution in [3.63, 3.8) is 0 Å². The van der Waals surface area contributed by atoms with E-state index in [-0.39, 0.29) is 18.0 Å². The number of amides is 1. The molecule has 0 radical (unpaired) electrons. The molecule has 0 spiro atoms. The monoisotopic (exact) mass is 260 g/mol. The Hall–Kier alpha value is -0.460. The first-order valence-electron chi connectivity index (χ1n) is 6.19. The number of carbonyl (C=O) groups excluding carboxylic acids is 1. The van der Waals surface area contributed by atoms with Gasteiger partial charge in [0.25, 0.3) is 0 Å². The SMILES string of the molecule is O=C(CC1COCCN1)NC1CCS(=O)CC1. The molecule has 2 aliphatic rings. The van der Waals surface area contributed by atoms with Crippen molar-refractivity contribution in [2.24, 2.45) is 0 Å². The lowest BCUT2D eigenvalue weighted by Crippen LogP contribution is -2.46. The number of hydrogen-bond acceptors (Lipinski definition) is 4. The molecule has 1 atom stereocenters. The predicted molar refractivity (Wildman–Crippen MR) is 66.3 cm³/mol. The fourth-order valence-corrected chi connectivity index (χ4v) is 3.50. The van der Waals surface area contributed by atoms with Crippen LogP contribution < -0.4 is 10.6 Å². The highest BCUT2D eigenvalue weighted by atomic mass is 32.2. The molecule has 0 aromatic rings. The van der Waals surface area contributed by atoms with Gasteiger partial charge in [-0.3, -0.25) is 9.00 Å². The molecule has 1 amide bonds. The first-order valence-corrected chi connectivity index (χ1v) is 7.68. The Bertz CT molecular complexity index is 282. The Kier molecular flexibility index (Phi) is 4.94. The van der Waals surface area contributed by atoms with E-state index in [1.54, 1.807) is 0 Å². The topological polar surface area (TPSA) is 67.4 Å². The molecule has 0 aromatic heterocycles. The Balaban J connectivity index is 1.67. The number of carbonyl (C=O) groups is 1. The van der Waals surface area contributed by atoms with Gasteiger partial charge in [0.2, 0.25) is 5.91 Å². The lowest BCUT2D eigenvalue weighted by Gasteiger charge is -2.26. The van der Waals surface area contributed by atoms with E-state index < -0.39 is 10.8 Å². The largest absolute Gasteiger partial charge is 0.378 e. The smallest absolute Gasteiger partial charge is 0.221 e. The first-order chi connectivity index (χ1) is 8.24. The van der Waals surface area contributed by atoms with Crippen LogP contribution in [0.25, 0.3) is 0 Å². The third kappa shape index (κ3) is 4.37. The van der Waals surface area contributed by atoms with Crippen molar-refractivity contribution in [3.05, 3.63) is 0 Å². The molecule has 1 unspecified atom stereocenters. The molecule has 0 bridgehead atoms. The Morgan fingerprint density at radius 2 is 2.18 bits per heavy atom. The van der Waals surface area contributed by atoms with Gasteiger partial charge >= 0.3 is 0 Å². The fourth-order valence-electron chi connectivity index (χ4n) is 2.20. The summed E-state index contributed by atoms with van der Waals surface area (Å²) < 4.78 is 16.5. The number of nitrogens with one attached hydrogen (secondary N) is 2. The van der Waals surface area contributed by atoms with E-state index in [4.69, 9.17) is 4.74 Å². The standard InChI is InChI=1S/C11H20N2O3S/c14-11(7-10-8-16-4-3-12-10)13-9-1-5-17(15)6-2-9/h9-10,12H,1-8H2,(H,13,14). The zero-order chi connectivity index (χ0) is 12.1. The molecule has 2 fully saturated rings. The molecule has 6 heteroatoms. The van der Waals surface area contributed by atoms with Gasteiger partial charge < -0.3 is 15.4 Å². The zero-order valence-corrected chi connectivity index (χ0v) is 10.8. The summed E-state index contributed by atoms with van der Waals surface area (Å²) in [5.74, 6) is 1.51. The van der Waals surface area contributed by atoms with Crippen molar-refractivity contribution >= 4 is 16.7 Å². The van der Waals surface area contributed by atoms with E-state index in [9.17, 15) is 9.00 Å². The fraction of sp³-hybridized carbons (Fsp3) is 0.909. The summed E-state index contributed by atoms with van der Waals surface area (Å²) in [5, 5.41) is 6.28. The van der Waals surface area contributed by atoms with Gasteiger partial charge in [-0.1, -0.05) is 0 Å². The second-order valence-corrected chi connectivity index (χ2v) is 6.32. The highest BCUT2D eigenvalue weighted by Gasteiger charge is 2.22. The summed E-state index contributed by atoms with van der Waals surface area (Å²) in [6.07, 6.45) is 2.15. The van der Waals surface area contributed by atoms with Gasteiger partial charge in [0, 0.05) is 47.4 Å². The molecule has 98 valence electrons. The Labute approximate surface area is 104 Å². The highest BCUT2D eigenvalue weighted by Crippen LogP contribution is 2.09. The second kappa shape index (κ2) is 6.47. The van der Waals surface area contributed by atoms with Crippen molar-refractivity contribution in [1.82, 2.24) is 10.6 Å². The molecule has 0 saturated carbocycles. The van der Waals surface area contributed by atoms with E-state index in [0.29, 0.717) is 13.0 Å². The van der Waals surface area contributed by atoms with Crippen LogP contribution in [-0.4, -0.2) is 53.5 Å². The van der Waals surface area contributed by atoms with Crippen LogP contribution >= 0.6 is 0 Å². The molecule has 0 aromatic carbocycles. The van der Waals surface area contributed by atoms with Crippen LogP contribution in [0, 0.1) is 0 Å². The predicted octanol–water partition coefficient (Wildman–Crippen LogP) is -0.608. The van der Waals surface area contributed by atoms with Crippen molar-refractivity contribution in [2.45, 2.75) is 31.3 Å². The summed E-state index contributed by atoms with van der Waals surface area (Å²) in [6, 6.07) is 0.353. The zero-order valence-electron chi connectivity index (χ0n) is 9.94. The molecule has 5 nitrogen and oxygen atoms in total. The Morgan fingerprint density at radius 1 is 1.41 bits per heavy atom. The van der Waals surface area contributed by atoms with Gasteiger partial charge in [-0.15, -0.1) is 0 Å². The van der Waals surface area contributed by atoms with Crippen LogP contribution in [0.5, 0.6) is 0 Å². The molecule has 2 heterocycles. The van der Waals surface area contributed by atoms with E-state index >= 15 is 0 Å². The van der Waals surface area contributed by atoms with Crippen molar-refractivity contribution in [3.8, 4) is 0 Å². The van der Waals surface area contributed by atoms with Gasteiger partial charge in [-0.05, 0) is 12.8 Å². The summed E-state index contributed by atoms with van der Waals surface area (Å²) in [7, 11) is -0.666. The molecule has 2 saturated heterocycles. The lowest BCUT2D eigenvalue weighted by atomic mass is 10.1. The third-order valence-corrected chi connectivity index (χ3v) is 4.57. The average Bonchev–Trinajstić information content (AvgIpc) is 2.33. The maximum atomic E-state index is 11.8. The van der Waals surface area contributed by atoms with Crippen LogP contribution in [0.3, 0.4) is 0 Å². The second-order valence-electron chi connectivity index (χ2n) is 4.62. The average molecular weight is 260 g/mol. The van der Waals surface area contributed by atoms with E-state index in [0.717, 1.165) is 37.5 Å². The van der Waals surface area contributed by atoms with Gasteiger partial charge in [-0.2, -0.15) is 0 Å². The summed E-state index contributed by atoms with van der Waals surface area (Å²) in [4.78, 5) is 11.8. The summed E-state index contributed by atoms with van der Waals surface area (Å²) in [6.45, 7) is 2.16. The molecule has 2 rings (SSSR count). The van der Waals surface area contributed by atoms with Gasteiger partial charge in [0.05, 0.1) is 13.2 Å². The van der Waals surface area contributed by atoms with Crippen LogP contribution in [0.1, 0.15) is 19.3 Å². The van der Waals surface area contributed by atoms with E-state index in [1.165, 1.54) is 0 Å². The number of morpholine rings is 1. The van der Waals surface area contributed by atoms with Crippen LogP contribution in [0.2, 0.25) is 0 Å². The van der Waals surface area contributed by atoms with Crippen molar-refractivity contribution < 1.29 is 13.7 Å². The lowest BCUT2D eigenvalue weighted by molar-refractivity contribution is -0.123. The quantitative estimate of drug-likeness (QED) is 0.710. The van der Waals surface area contributed by atoms with E-state index in [1.807, 2.05) is 0 Å². The van der Waals surface area contributed by atoms with Gasteiger partial charge in [-0.25, -0.2) is 0 Å². The van der Waals surface area contributed by atoms with E-state index in [2.05, 4.69) is 10.6 Å². The molecule has 2 N–H and O–H groups in total. The Morgan fingerprint density at radius 3 is 2.82 bits per heavy atom. The van der Waals surface area contributed by atoms with Gasteiger partial charge in [0.15, 0.2) is 0 Å². The third-order valence-electron chi connectivity index (χ3n) is 3.18. The first kappa shape index (κ1) is 13.0.